The number of amidine groups is 1. The first-order chi connectivity index (χ1) is 17.3. The number of benzene rings is 2. The van der Waals surface area contributed by atoms with E-state index < -0.39 is 6.36 Å². The molecule has 2 aliphatic rings. The van der Waals surface area contributed by atoms with Crippen LogP contribution in [0.15, 0.2) is 65.7 Å². The van der Waals surface area contributed by atoms with E-state index in [9.17, 15) is 18.0 Å². The van der Waals surface area contributed by atoms with Gasteiger partial charge < -0.3 is 25.6 Å². The lowest BCUT2D eigenvalue weighted by Crippen LogP contribution is -3.09. The second-order valence-corrected chi connectivity index (χ2v) is 9.77. The maximum atomic E-state index is 13.0. The number of carbonyl (C=O) groups is 1. The molecule has 7 nitrogen and oxygen atoms in total. The van der Waals surface area contributed by atoms with Gasteiger partial charge in [0, 0.05) is 17.7 Å². The predicted octanol–water partition coefficient (Wildman–Crippen LogP) is 3.48. The summed E-state index contributed by atoms with van der Waals surface area (Å²) in [5.41, 5.74) is 2.59. The van der Waals surface area contributed by atoms with E-state index in [0.717, 1.165) is 36.6 Å². The average molecular weight is 517 g/mol. The largest absolute Gasteiger partial charge is 0.573 e. The number of halogens is 3. The molecule has 0 aliphatic carbocycles. The summed E-state index contributed by atoms with van der Waals surface area (Å²) in [6.45, 7) is 3.16. The molecule has 1 fully saturated rings. The number of nitrogens with one attached hydrogen (secondary N) is 4. The molecule has 5 rings (SSSR count). The number of quaternary nitrogens is 1. The molecule has 36 heavy (non-hydrogen) atoms. The van der Waals surface area contributed by atoms with E-state index in [-0.39, 0.29) is 17.7 Å². The Labute approximate surface area is 210 Å². The van der Waals surface area contributed by atoms with Crippen LogP contribution in [-0.2, 0) is 6.54 Å². The summed E-state index contributed by atoms with van der Waals surface area (Å²) in [7, 11) is 0. The highest BCUT2D eigenvalue weighted by atomic mass is 32.1. The van der Waals surface area contributed by atoms with Gasteiger partial charge in [0.15, 0.2) is 0 Å². The fourth-order valence-corrected chi connectivity index (χ4v) is 5.38. The molecule has 3 heterocycles. The van der Waals surface area contributed by atoms with Crippen LogP contribution in [0.5, 0.6) is 5.75 Å². The molecule has 188 valence electrons. The monoisotopic (exact) mass is 516 g/mol. The minimum absolute atomic E-state index is 0.116. The van der Waals surface area contributed by atoms with Gasteiger partial charge >= 0.3 is 6.36 Å². The third-order valence-corrected chi connectivity index (χ3v) is 7.14. The average Bonchev–Trinajstić information content (AvgIpc) is 3.47. The van der Waals surface area contributed by atoms with Crippen LogP contribution in [0, 0.1) is 0 Å². The molecule has 2 aliphatic heterocycles. The highest BCUT2D eigenvalue weighted by Gasteiger charge is 2.31. The van der Waals surface area contributed by atoms with E-state index in [1.165, 1.54) is 46.1 Å². The summed E-state index contributed by atoms with van der Waals surface area (Å²) in [6, 6.07) is 17.7. The highest BCUT2D eigenvalue weighted by Crippen LogP contribution is 2.32. The van der Waals surface area contributed by atoms with Gasteiger partial charge in [-0.2, -0.15) is 0 Å². The number of ether oxygens (including phenoxy) is 1. The van der Waals surface area contributed by atoms with E-state index in [1.54, 1.807) is 6.07 Å². The van der Waals surface area contributed by atoms with Crippen molar-refractivity contribution in [3.05, 3.63) is 76.7 Å². The topological polar surface area (TPSA) is 79.2 Å². The lowest BCUT2D eigenvalue weighted by atomic mass is 10.2. The van der Waals surface area contributed by atoms with Crippen molar-refractivity contribution in [2.75, 3.05) is 30.4 Å². The number of likely N-dealkylation sites (tertiary alicyclic amines) is 1. The van der Waals surface area contributed by atoms with Gasteiger partial charge in [-0.3, -0.25) is 4.79 Å². The zero-order valence-corrected chi connectivity index (χ0v) is 20.0. The van der Waals surface area contributed by atoms with Crippen molar-refractivity contribution in [2.24, 2.45) is 4.99 Å². The first-order valence-corrected chi connectivity index (χ1v) is 12.4. The van der Waals surface area contributed by atoms with Crippen LogP contribution in [0.1, 0.15) is 27.2 Å². The van der Waals surface area contributed by atoms with Gasteiger partial charge in [-0.1, -0.05) is 30.3 Å². The van der Waals surface area contributed by atoms with Crippen LogP contribution in [0.4, 0.5) is 23.9 Å². The Bertz CT molecular complexity index is 1240. The number of aliphatic imine (C=N–C) groups is 1. The number of hydrogen-bond donors (Lipinski definition) is 4. The van der Waals surface area contributed by atoms with Crippen LogP contribution in [-0.4, -0.2) is 43.9 Å². The molecule has 0 radical (unpaired) electrons. The molecule has 1 aromatic heterocycles. The normalized spacial score (nSPS) is 19.1. The molecule has 1 amide bonds. The van der Waals surface area contributed by atoms with Crippen LogP contribution >= 0.6 is 11.3 Å². The highest BCUT2D eigenvalue weighted by molar-refractivity contribution is 7.18. The molecule has 0 saturated carbocycles. The summed E-state index contributed by atoms with van der Waals surface area (Å²) in [4.78, 5) is 19.5. The summed E-state index contributed by atoms with van der Waals surface area (Å²) in [6.07, 6.45) is -3.81. The maximum absolute atomic E-state index is 13.0. The van der Waals surface area contributed by atoms with Crippen LogP contribution < -0.4 is 25.6 Å². The van der Waals surface area contributed by atoms with Crippen molar-refractivity contribution in [1.82, 2.24) is 5.32 Å². The number of thiophene rings is 1. The van der Waals surface area contributed by atoms with Gasteiger partial charge in [-0.15, -0.1) is 24.5 Å². The molecule has 3 aromatic rings. The van der Waals surface area contributed by atoms with E-state index in [4.69, 9.17) is 0 Å². The number of hydrogen-bond acceptors (Lipinski definition) is 6. The third-order valence-electron chi connectivity index (χ3n) is 6.05. The second kappa shape index (κ2) is 10.2. The summed E-state index contributed by atoms with van der Waals surface area (Å²) in [5.74, 6) is 0.129. The summed E-state index contributed by atoms with van der Waals surface area (Å²) >= 11 is 1.36. The zero-order valence-electron chi connectivity index (χ0n) is 19.2. The Balaban J connectivity index is 1.19. The summed E-state index contributed by atoms with van der Waals surface area (Å²) < 4.78 is 41.1. The smallest absolute Gasteiger partial charge is 0.406 e. The number of fused-ring (bicyclic) bond motifs is 1. The Hall–Kier alpha value is -3.57. The van der Waals surface area contributed by atoms with E-state index in [2.05, 4.69) is 37.8 Å². The van der Waals surface area contributed by atoms with Gasteiger partial charge in [0.25, 0.3) is 5.91 Å². The maximum Gasteiger partial charge on any atom is 0.573 e. The number of alkyl halides is 3. The molecule has 11 heteroatoms. The molecule has 2 unspecified atom stereocenters. The van der Waals surface area contributed by atoms with Crippen molar-refractivity contribution < 1.29 is 27.6 Å². The SMILES string of the molecule is O=C(NC1CC[NH+](Cc2ccccc2)C1)c1cc2c(s1)NCN=C2Nc1ccc(OC(F)(F)F)cc1. The number of amides is 1. The number of nitrogens with zero attached hydrogens (tertiary/aromatic N) is 1. The fourth-order valence-electron chi connectivity index (χ4n) is 4.42. The van der Waals surface area contributed by atoms with Gasteiger partial charge in [0.1, 0.15) is 29.8 Å². The van der Waals surface area contributed by atoms with Crippen molar-refractivity contribution in [3.63, 3.8) is 0 Å². The number of carbonyl (C=O) groups excluding carboxylic acids is 1. The lowest BCUT2D eigenvalue weighted by Gasteiger charge is -2.16. The van der Waals surface area contributed by atoms with Crippen molar-refractivity contribution in [1.29, 1.82) is 0 Å². The molecule has 4 N–H and O–H groups in total. The van der Waals surface area contributed by atoms with E-state index >= 15 is 0 Å². The zero-order chi connectivity index (χ0) is 25.1. The Morgan fingerprint density at radius 2 is 1.94 bits per heavy atom. The van der Waals surface area contributed by atoms with Gasteiger partial charge in [0.05, 0.1) is 29.6 Å². The molecule has 2 atom stereocenters. The van der Waals surface area contributed by atoms with Crippen LogP contribution in [0.2, 0.25) is 0 Å². The van der Waals surface area contributed by atoms with Crippen molar-refractivity contribution >= 4 is 33.8 Å². The van der Waals surface area contributed by atoms with E-state index in [0.29, 0.717) is 23.1 Å². The quantitative estimate of drug-likeness (QED) is 0.405. The third kappa shape index (κ3) is 5.97. The molecule has 1 saturated heterocycles. The van der Waals surface area contributed by atoms with Crippen molar-refractivity contribution in [2.45, 2.75) is 25.4 Å². The van der Waals surface area contributed by atoms with E-state index in [1.807, 2.05) is 18.2 Å². The second-order valence-electron chi connectivity index (χ2n) is 8.72. The molecule has 0 bridgehead atoms. The molecule has 2 aromatic carbocycles. The van der Waals surface area contributed by atoms with Gasteiger partial charge in [-0.05, 0) is 30.3 Å². The van der Waals surface area contributed by atoms with Gasteiger partial charge in [0.2, 0.25) is 0 Å². The Morgan fingerprint density at radius 1 is 1.17 bits per heavy atom. The van der Waals surface area contributed by atoms with Crippen LogP contribution in [0.25, 0.3) is 0 Å². The van der Waals surface area contributed by atoms with Crippen LogP contribution in [0.3, 0.4) is 0 Å². The standard InChI is InChI=1S/C25H24F3N5O2S/c26-25(27,28)35-19-8-6-17(7-9-19)31-22-20-12-21(36-24(20)30-15-29-22)23(34)32-18-10-11-33(14-18)13-16-4-2-1-3-5-16/h1-9,12,18,30H,10-11,13-15H2,(H,29,31)(H,32,34)/p+1. The molecule has 0 spiro atoms. The lowest BCUT2D eigenvalue weighted by molar-refractivity contribution is -0.901. The number of anilines is 2. The minimum Gasteiger partial charge on any atom is -0.406 e. The summed E-state index contributed by atoms with van der Waals surface area (Å²) in [5, 5.41) is 10.3. The van der Waals surface area contributed by atoms with Crippen molar-refractivity contribution in [3.8, 4) is 5.75 Å². The minimum atomic E-state index is -4.74. The number of rotatable bonds is 6. The first kappa shape index (κ1) is 24.1. The Morgan fingerprint density at radius 3 is 2.69 bits per heavy atom. The first-order valence-electron chi connectivity index (χ1n) is 11.6. The van der Waals surface area contributed by atoms with Gasteiger partial charge in [-0.25, -0.2) is 4.99 Å². The molecular weight excluding hydrogens is 491 g/mol. The Kier molecular flexibility index (Phi) is 6.84. The predicted molar refractivity (Wildman–Crippen MR) is 133 cm³/mol. The fraction of sp³-hybridized carbons (Fsp3) is 0.280. The molecular formula is C25H25F3N5O2S+.